The molecule has 1 atom stereocenters. The van der Waals surface area contributed by atoms with Gasteiger partial charge in [-0.2, -0.15) is 0 Å². The molecule has 0 spiro atoms. The zero-order chi connectivity index (χ0) is 8.53. The van der Waals surface area contributed by atoms with Gasteiger partial charge in [0.1, 0.15) is 0 Å². The Hall–Kier alpha value is -0.520. The van der Waals surface area contributed by atoms with Crippen LogP contribution < -0.4 is 0 Å². The van der Waals surface area contributed by atoms with Crippen LogP contribution in [-0.2, 0) is 0 Å². The molecular weight excluding hydrogens is 132 g/mol. The molecule has 0 saturated heterocycles. The fourth-order valence-electron chi connectivity index (χ4n) is 1.17. The number of unbranched alkanes of at least 4 members (excludes halogenated alkanes) is 2. The molecule has 0 rings (SSSR count). The van der Waals surface area contributed by atoms with Crippen LogP contribution >= 0.6 is 0 Å². The molecule has 0 radical (unpaired) electrons. The van der Waals surface area contributed by atoms with Crippen molar-refractivity contribution in [1.82, 2.24) is 0 Å². The second-order valence-electron chi connectivity index (χ2n) is 2.92. The molecule has 11 heavy (non-hydrogen) atoms. The molecule has 0 aliphatic carbocycles. The Labute approximate surface area is 71.0 Å². The van der Waals surface area contributed by atoms with E-state index in [2.05, 4.69) is 32.6 Å². The van der Waals surface area contributed by atoms with Crippen molar-refractivity contribution in [2.24, 2.45) is 5.92 Å². The Morgan fingerprint density at radius 2 is 2.09 bits per heavy atom. The first-order valence-electron chi connectivity index (χ1n) is 4.60. The van der Waals surface area contributed by atoms with Crippen LogP contribution in [0.2, 0.25) is 0 Å². The van der Waals surface area contributed by atoms with Gasteiger partial charge in [-0.15, -0.1) is 6.58 Å². The number of rotatable bonds is 6. The van der Waals surface area contributed by atoms with Crippen molar-refractivity contribution in [2.75, 3.05) is 0 Å². The van der Waals surface area contributed by atoms with Crippen molar-refractivity contribution < 1.29 is 0 Å². The summed E-state index contributed by atoms with van der Waals surface area (Å²) < 4.78 is 0. The molecule has 0 aromatic rings. The standard InChI is InChI=1S/C11H20/c1-4-7-8-10-11(6-3)9-5-2/h5-6,9,11H,3-4,7-8,10H2,1-2H3/b9-5-. The lowest BCUT2D eigenvalue weighted by molar-refractivity contribution is 0.611. The van der Waals surface area contributed by atoms with Gasteiger partial charge in [0.05, 0.1) is 0 Å². The fraction of sp³-hybridized carbons (Fsp3) is 0.636. The highest BCUT2D eigenvalue weighted by Crippen LogP contribution is 2.11. The predicted molar refractivity (Wildman–Crippen MR) is 52.6 cm³/mol. The van der Waals surface area contributed by atoms with Crippen LogP contribution in [0.25, 0.3) is 0 Å². The first-order chi connectivity index (χ1) is 5.35. The Morgan fingerprint density at radius 1 is 1.36 bits per heavy atom. The van der Waals surface area contributed by atoms with Gasteiger partial charge in [-0.3, -0.25) is 0 Å². The quantitative estimate of drug-likeness (QED) is 0.399. The van der Waals surface area contributed by atoms with Crippen LogP contribution in [0.3, 0.4) is 0 Å². The lowest BCUT2D eigenvalue weighted by Gasteiger charge is -2.05. The summed E-state index contributed by atoms with van der Waals surface area (Å²) >= 11 is 0. The highest BCUT2D eigenvalue weighted by molar-refractivity contribution is 4.95. The minimum absolute atomic E-state index is 0.603. The van der Waals surface area contributed by atoms with E-state index in [1.165, 1.54) is 25.7 Å². The van der Waals surface area contributed by atoms with Crippen molar-refractivity contribution in [3.63, 3.8) is 0 Å². The summed E-state index contributed by atoms with van der Waals surface area (Å²) in [6.45, 7) is 8.11. The Bertz CT molecular complexity index is 111. The van der Waals surface area contributed by atoms with Crippen LogP contribution in [0.1, 0.15) is 39.5 Å². The second kappa shape index (κ2) is 7.59. The lowest BCUT2D eigenvalue weighted by atomic mass is 10.0. The summed E-state index contributed by atoms with van der Waals surface area (Å²) in [4.78, 5) is 0. The van der Waals surface area contributed by atoms with Crippen LogP contribution in [0.5, 0.6) is 0 Å². The summed E-state index contributed by atoms with van der Waals surface area (Å²) in [6.07, 6.45) is 11.6. The maximum atomic E-state index is 3.81. The average Bonchev–Trinajstić information content (AvgIpc) is 2.03. The molecule has 0 bridgehead atoms. The molecule has 0 aliphatic heterocycles. The van der Waals surface area contributed by atoms with E-state index in [-0.39, 0.29) is 0 Å². The highest BCUT2D eigenvalue weighted by Gasteiger charge is 1.96. The summed E-state index contributed by atoms with van der Waals surface area (Å²) in [7, 11) is 0. The molecule has 0 aromatic carbocycles. The van der Waals surface area contributed by atoms with E-state index < -0.39 is 0 Å². The molecule has 0 heterocycles. The van der Waals surface area contributed by atoms with Crippen molar-refractivity contribution >= 4 is 0 Å². The molecule has 0 N–H and O–H groups in total. The van der Waals surface area contributed by atoms with Gasteiger partial charge in [-0.25, -0.2) is 0 Å². The van der Waals surface area contributed by atoms with Gasteiger partial charge in [-0.05, 0) is 19.3 Å². The monoisotopic (exact) mass is 152 g/mol. The molecule has 64 valence electrons. The number of hydrogen-bond donors (Lipinski definition) is 0. The minimum Gasteiger partial charge on any atom is -0.102 e. The Balaban J connectivity index is 3.44. The third-order valence-electron chi connectivity index (χ3n) is 1.88. The minimum atomic E-state index is 0.603. The zero-order valence-electron chi connectivity index (χ0n) is 7.84. The van der Waals surface area contributed by atoms with Crippen LogP contribution in [-0.4, -0.2) is 0 Å². The maximum absolute atomic E-state index is 3.81. The Kier molecular flexibility index (Phi) is 7.23. The van der Waals surface area contributed by atoms with Gasteiger partial charge in [0.15, 0.2) is 0 Å². The molecular formula is C11H20. The summed E-state index contributed by atoms with van der Waals surface area (Å²) in [5, 5.41) is 0. The SMILES string of the molecule is C=CC(/C=C\C)CCCCC. The number of hydrogen-bond acceptors (Lipinski definition) is 0. The van der Waals surface area contributed by atoms with E-state index in [4.69, 9.17) is 0 Å². The summed E-state index contributed by atoms with van der Waals surface area (Å²) in [6, 6.07) is 0. The Morgan fingerprint density at radius 3 is 2.55 bits per heavy atom. The number of allylic oxidation sites excluding steroid dienone is 3. The smallest absolute Gasteiger partial charge is 0.00563 e. The van der Waals surface area contributed by atoms with E-state index in [9.17, 15) is 0 Å². The molecule has 0 fully saturated rings. The van der Waals surface area contributed by atoms with E-state index >= 15 is 0 Å². The molecule has 0 nitrogen and oxygen atoms in total. The van der Waals surface area contributed by atoms with E-state index in [0.29, 0.717) is 5.92 Å². The van der Waals surface area contributed by atoms with Crippen LogP contribution in [0, 0.1) is 5.92 Å². The summed E-state index contributed by atoms with van der Waals surface area (Å²) in [5.41, 5.74) is 0. The first kappa shape index (κ1) is 10.5. The van der Waals surface area contributed by atoms with Gasteiger partial charge in [0.2, 0.25) is 0 Å². The average molecular weight is 152 g/mol. The summed E-state index contributed by atoms with van der Waals surface area (Å²) in [5.74, 6) is 0.603. The second-order valence-corrected chi connectivity index (χ2v) is 2.92. The molecule has 1 unspecified atom stereocenters. The maximum Gasteiger partial charge on any atom is -0.00563 e. The van der Waals surface area contributed by atoms with E-state index in [1.54, 1.807) is 0 Å². The van der Waals surface area contributed by atoms with Gasteiger partial charge in [0.25, 0.3) is 0 Å². The van der Waals surface area contributed by atoms with E-state index in [0.717, 1.165) is 0 Å². The van der Waals surface area contributed by atoms with E-state index in [1.807, 2.05) is 6.08 Å². The van der Waals surface area contributed by atoms with Gasteiger partial charge >= 0.3 is 0 Å². The topological polar surface area (TPSA) is 0 Å². The van der Waals surface area contributed by atoms with Crippen molar-refractivity contribution in [3.05, 3.63) is 24.8 Å². The van der Waals surface area contributed by atoms with Gasteiger partial charge in [0, 0.05) is 0 Å². The normalized spacial score (nSPS) is 13.6. The van der Waals surface area contributed by atoms with Crippen LogP contribution in [0.15, 0.2) is 24.8 Å². The van der Waals surface area contributed by atoms with Crippen molar-refractivity contribution in [1.29, 1.82) is 0 Å². The third-order valence-corrected chi connectivity index (χ3v) is 1.88. The van der Waals surface area contributed by atoms with Crippen molar-refractivity contribution in [3.8, 4) is 0 Å². The third kappa shape index (κ3) is 5.90. The van der Waals surface area contributed by atoms with Crippen LogP contribution in [0.4, 0.5) is 0 Å². The molecule has 0 amide bonds. The predicted octanol–water partition coefficient (Wildman–Crippen LogP) is 3.95. The van der Waals surface area contributed by atoms with Gasteiger partial charge < -0.3 is 0 Å². The molecule has 0 heteroatoms. The van der Waals surface area contributed by atoms with Crippen molar-refractivity contribution in [2.45, 2.75) is 39.5 Å². The fourth-order valence-corrected chi connectivity index (χ4v) is 1.17. The highest BCUT2D eigenvalue weighted by atomic mass is 14.0. The molecule has 0 aliphatic rings. The lowest BCUT2D eigenvalue weighted by Crippen LogP contribution is -1.90. The first-order valence-corrected chi connectivity index (χ1v) is 4.60. The molecule has 0 aromatic heterocycles. The largest absolute Gasteiger partial charge is 0.102 e. The molecule has 0 saturated carbocycles. The zero-order valence-corrected chi connectivity index (χ0v) is 7.84. The van der Waals surface area contributed by atoms with Gasteiger partial charge in [-0.1, -0.05) is 44.4 Å².